The lowest BCUT2D eigenvalue weighted by Gasteiger charge is -2.63. The van der Waals surface area contributed by atoms with Crippen molar-refractivity contribution in [2.24, 2.45) is 11.8 Å². The van der Waals surface area contributed by atoms with Gasteiger partial charge in [-0.05, 0) is 101 Å². The fourth-order valence-electron chi connectivity index (χ4n) is 10.9. The van der Waals surface area contributed by atoms with Crippen molar-refractivity contribution in [1.29, 1.82) is 10.5 Å². The molecule has 1 heterocycles. The van der Waals surface area contributed by atoms with Crippen LogP contribution in [0.4, 0.5) is 5.69 Å². The minimum Gasteiger partial charge on any atom is -0.238 e. The quantitative estimate of drug-likeness (QED) is 0.160. The first-order chi connectivity index (χ1) is 27.5. The predicted molar refractivity (Wildman–Crippen MR) is 219 cm³/mol. The summed E-state index contributed by atoms with van der Waals surface area (Å²) >= 11 is 0. The van der Waals surface area contributed by atoms with Crippen LogP contribution in [0, 0.1) is 41.1 Å². The summed E-state index contributed by atoms with van der Waals surface area (Å²) in [5.41, 5.74) is 8.63. The van der Waals surface area contributed by atoms with Crippen LogP contribution in [0.2, 0.25) is 0 Å². The van der Waals surface area contributed by atoms with Crippen LogP contribution < -0.4 is 0 Å². The molecule has 0 aliphatic heterocycles. The molecule has 11 rings (SSSR count). The van der Waals surface area contributed by atoms with Gasteiger partial charge in [0.15, 0.2) is 23.2 Å². The number of rotatable bonds is 6. The maximum atomic E-state index is 10.6. The summed E-state index contributed by atoms with van der Waals surface area (Å²) in [6.07, 6.45) is 6.56. The number of nitrogens with zero attached hydrogens (tertiary/aromatic N) is 6. The Morgan fingerprint density at radius 2 is 1.16 bits per heavy atom. The lowest BCUT2D eigenvalue weighted by molar-refractivity contribution is -0.0277. The van der Waals surface area contributed by atoms with Crippen LogP contribution in [0.1, 0.15) is 60.8 Å². The molecule has 4 aliphatic carbocycles. The molecule has 2 unspecified atom stereocenters. The van der Waals surface area contributed by atoms with E-state index in [0.717, 1.165) is 76.3 Å². The molecule has 0 spiro atoms. The Morgan fingerprint density at radius 3 is 1.80 bits per heavy atom. The summed E-state index contributed by atoms with van der Waals surface area (Å²) in [6, 6.07) is 49.4. The molecule has 266 valence electrons. The van der Waals surface area contributed by atoms with E-state index in [1.165, 1.54) is 12.0 Å². The molecule has 56 heavy (non-hydrogen) atoms. The molecule has 4 saturated carbocycles. The van der Waals surface area contributed by atoms with Gasteiger partial charge in [-0.3, -0.25) is 0 Å². The summed E-state index contributed by atoms with van der Waals surface area (Å²) in [7, 11) is 0. The smallest absolute Gasteiger partial charge is 0.191 e. The highest BCUT2D eigenvalue weighted by Gasteiger charge is 2.59. The third-order valence-electron chi connectivity index (χ3n) is 12.8. The van der Waals surface area contributed by atoms with Crippen LogP contribution in [0.15, 0.2) is 133 Å². The van der Waals surface area contributed by atoms with E-state index in [9.17, 15) is 10.5 Å². The standard InChI is InChI=1S/C50H36N6/c1-53-45-24-36(48-55-46(34-10-4-2-5-11-34)54-47(56-48)35-12-6-3-7-13-35)18-21-44(45)50-27-32-22-33(28-50)26-49(25-32,31-50)39-19-20-41(38(23-39)30-52)43-17-9-15-40-37(29-51)14-8-16-42(40)43/h2-21,23-24,32-33H,22,25-28,31H2. The summed E-state index contributed by atoms with van der Waals surface area (Å²) < 4.78 is 0. The third kappa shape index (κ3) is 5.47. The zero-order valence-electron chi connectivity index (χ0n) is 30.8. The van der Waals surface area contributed by atoms with Gasteiger partial charge >= 0.3 is 0 Å². The zero-order chi connectivity index (χ0) is 37.9. The highest BCUT2D eigenvalue weighted by atomic mass is 15.0. The maximum absolute atomic E-state index is 10.6. The number of nitriles is 2. The van der Waals surface area contributed by atoms with Crippen LogP contribution in [-0.2, 0) is 10.8 Å². The molecule has 4 fully saturated rings. The molecule has 1 aromatic heterocycles. The summed E-state index contributed by atoms with van der Waals surface area (Å²) in [4.78, 5) is 19.0. The molecule has 7 aromatic rings. The second kappa shape index (κ2) is 13.1. The molecule has 6 nitrogen and oxygen atoms in total. The van der Waals surface area contributed by atoms with Crippen LogP contribution in [-0.4, -0.2) is 15.0 Å². The molecular formula is C50H36N6. The molecule has 0 radical (unpaired) electrons. The maximum Gasteiger partial charge on any atom is 0.191 e. The van der Waals surface area contributed by atoms with Crippen molar-refractivity contribution in [3.8, 4) is 57.4 Å². The summed E-state index contributed by atoms with van der Waals surface area (Å²) in [5.74, 6) is 2.87. The van der Waals surface area contributed by atoms with Crippen molar-refractivity contribution in [3.05, 3.63) is 167 Å². The van der Waals surface area contributed by atoms with E-state index in [1.807, 2.05) is 97.1 Å². The second-order valence-corrected chi connectivity index (χ2v) is 16.1. The van der Waals surface area contributed by atoms with Crippen molar-refractivity contribution in [1.82, 2.24) is 15.0 Å². The van der Waals surface area contributed by atoms with Gasteiger partial charge in [-0.25, -0.2) is 19.8 Å². The lowest BCUT2D eigenvalue weighted by Crippen LogP contribution is -2.56. The Morgan fingerprint density at radius 1 is 0.554 bits per heavy atom. The molecule has 0 amide bonds. The van der Waals surface area contributed by atoms with Crippen molar-refractivity contribution < 1.29 is 0 Å². The van der Waals surface area contributed by atoms with Gasteiger partial charge in [0, 0.05) is 27.6 Å². The van der Waals surface area contributed by atoms with Crippen LogP contribution >= 0.6 is 0 Å². The van der Waals surface area contributed by atoms with Gasteiger partial charge < -0.3 is 0 Å². The van der Waals surface area contributed by atoms with E-state index >= 15 is 0 Å². The molecular weight excluding hydrogens is 685 g/mol. The number of aromatic nitrogens is 3. The van der Waals surface area contributed by atoms with Gasteiger partial charge in [0.05, 0.1) is 29.8 Å². The first kappa shape index (κ1) is 33.6. The van der Waals surface area contributed by atoms with E-state index in [4.69, 9.17) is 21.5 Å². The van der Waals surface area contributed by atoms with Crippen molar-refractivity contribution in [3.63, 3.8) is 0 Å². The highest BCUT2D eigenvalue weighted by Crippen LogP contribution is 2.67. The number of fused-ring (bicyclic) bond motifs is 1. The molecule has 4 bridgehead atoms. The second-order valence-electron chi connectivity index (χ2n) is 16.1. The monoisotopic (exact) mass is 720 g/mol. The molecule has 6 heteroatoms. The average Bonchev–Trinajstić information content (AvgIpc) is 3.25. The molecule has 4 aliphatic rings. The SMILES string of the molecule is [C-]#[N+]c1cc(-c2nc(-c3ccccc3)nc(-c3ccccc3)n2)ccc1C12CC3CC(CC(c4ccc(-c5cccc6c(C#N)cccc56)c(C#N)c4)(C3)C1)C2. The van der Waals surface area contributed by atoms with E-state index in [0.29, 0.717) is 46.1 Å². The minimum atomic E-state index is -0.124. The fourth-order valence-corrected chi connectivity index (χ4v) is 10.9. The fraction of sp³-hybridized carbons (Fsp3) is 0.200. The Hall–Kier alpha value is -6.94. The van der Waals surface area contributed by atoms with Gasteiger partial charge in [0.1, 0.15) is 0 Å². The van der Waals surface area contributed by atoms with E-state index < -0.39 is 0 Å². The molecule has 0 saturated heterocycles. The minimum absolute atomic E-state index is 0.0672. The van der Waals surface area contributed by atoms with Gasteiger partial charge in [-0.15, -0.1) is 0 Å². The first-order valence-electron chi connectivity index (χ1n) is 19.3. The largest absolute Gasteiger partial charge is 0.238 e. The molecule has 2 atom stereocenters. The van der Waals surface area contributed by atoms with Crippen LogP contribution in [0.3, 0.4) is 0 Å². The Labute approximate surface area is 326 Å². The van der Waals surface area contributed by atoms with Crippen molar-refractivity contribution >= 4 is 16.5 Å². The lowest BCUT2D eigenvalue weighted by atomic mass is 9.41. The van der Waals surface area contributed by atoms with Crippen molar-refractivity contribution in [2.45, 2.75) is 49.4 Å². The zero-order valence-corrected chi connectivity index (χ0v) is 30.8. The van der Waals surface area contributed by atoms with Crippen LogP contribution in [0.25, 0.3) is 60.9 Å². The van der Waals surface area contributed by atoms with Gasteiger partial charge in [-0.2, -0.15) is 10.5 Å². The van der Waals surface area contributed by atoms with E-state index in [1.54, 1.807) is 0 Å². The Bertz CT molecular complexity index is 2750. The van der Waals surface area contributed by atoms with E-state index in [-0.39, 0.29) is 10.8 Å². The highest BCUT2D eigenvalue weighted by molar-refractivity contribution is 6.00. The average molecular weight is 721 g/mol. The summed E-state index contributed by atoms with van der Waals surface area (Å²) in [6.45, 7) is 8.48. The van der Waals surface area contributed by atoms with Gasteiger partial charge in [-0.1, -0.05) is 115 Å². The third-order valence-corrected chi connectivity index (χ3v) is 12.8. The van der Waals surface area contributed by atoms with Crippen molar-refractivity contribution in [2.75, 3.05) is 0 Å². The molecule has 6 aromatic carbocycles. The first-order valence-corrected chi connectivity index (χ1v) is 19.3. The van der Waals surface area contributed by atoms with Gasteiger partial charge in [0.2, 0.25) is 0 Å². The normalized spacial score (nSPS) is 21.9. The number of hydrogen-bond donors (Lipinski definition) is 0. The van der Waals surface area contributed by atoms with E-state index in [2.05, 4.69) is 53.4 Å². The summed E-state index contributed by atoms with van der Waals surface area (Å²) in [5, 5.41) is 22.2. The number of benzene rings is 6. The number of hydrogen-bond acceptors (Lipinski definition) is 5. The van der Waals surface area contributed by atoms with Crippen LogP contribution in [0.5, 0.6) is 0 Å². The Balaban J connectivity index is 1.04. The topological polar surface area (TPSA) is 90.6 Å². The molecule has 0 N–H and O–H groups in total. The Kier molecular flexibility index (Phi) is 7.88. The predicted octanol–water partition coefficient (Wildman–Crippen LogP) is 11.8. The van der Waals surface area contributed by atoms with Gasteiger partial charge in [0.25, 0.3) is 0 Å².